The molecule has 0 aliphatic heterocycles. The summed E-state index contributed by atoms with van der Waals surface area (Å²) in [5, 5.41) is 2.71. The molecule has 0 bridgehead atoms. The number of hydrogen-bond acceptors (Lipinski definition) is 3. The molecule has 116 valence electrons. The van der Waals surface area contributed by atoms with Gasteiger partial charge in [-0.15, -0.1) is 0 Å². The lowest BCUT2D eigenvalue weighted by atomic mass is 10.1. The molecule has 2 aromatic carbocycles. The Bertz CT molecular complexity index is 686. The molecule has 0 aromatic heterocycles. The molecule has 0 saturated heterocycles. The number of halogens is 1. The standard InChI is InChI=1S/C17H18FNO3/c1-11-4-6-13(18)9-15(11)19-17(20)8-12-5-7-14(21-2)10-16(12)22-3/h4-7,9-10H,8H2,1-3H3,(H,19,20). The van der Waals surface area contributed by atoms with Crippen molar-refractivity contribution in [2.75, 3.05) is 19.5 Å². The first-order valence-electron chi connectivity index (χ1n) is 6.80. The molecule has 0 aliphatic rings. The van der Waals surface area contributed by atoms with E-state index in [0.29, 0.717) is 17.2 Å². The van der Waals surface area contributed by atoms with Gasteiger partial charge in [0.25, 0.3) is 0 Å². The van der Waals surface area contributed by atoms with E-state index in [4.69, 9.17) is 9.47 Å². The van der Waals surface area contributed by atoms with Gasteiger partial charge >= 0.3 is 0 Å². The zero-order chi connectivity index (χ0) is 16.1. The average Bonchev–Trinajstić information content (AvgIpc) is 2.51. The number of ether oxygens (including phenoxy) is 2. The van der Waals surface area contributed by atoms with Gasteiger partial charge in [0, 0.05) is 17.3 Å². The van der Waals surface area contributed by atoms with Gasteiger partial charge in [0.2, 0.25) is 5.91 Å². The number of aryl methyl sites for hydroxylation is 1. The molecule has 0 unspecified atom stereocenters. The molecule has 22 heavy (non-hydrogen) atoms. The van der Waals surface area contributed by atoms with Crippen LogP contribution < -0.4 is 14.8 Å². The van der Waals surface area contributed by atoms with Gasteiger partial charge in [-0.05, 0) is 30.7 Å². The van der Waals surface area contributed by atoms with Crippen molar-refractivity contribution in [2.24, 2.45) is 0 Å². The fraction of sp³-hybridized carbons (Fsp3) is 0.235. The molecule has 0 spiro atoms. The monoisotopic (exact) mass is 303 g/mol. The molecule has 0 heterocycles. The number of nitrogens with one attached hydrogen (secondary N) is 1. The highest BCUT2D eigenvalue weighted by molar-refractivity contribution is 5.93. The Kier molecular flexibility index (Phi) is 4.99. The molecule has 2 rings (SSSR count). The van der Waals surface area contributed by atoms with Crippen molar-refractivity contribution < 1.29 is 18.7 Å². The molecule has 5 heteroatoms. The van der Waals surface area contributed by atoms with Gasteiger partial charge in [0.05, 0.1) is 20.6 Å². The maximum atomic E-state index is 13.2. The third kappa shape index (κ3) is 3.75. The second-order valence-corrected chi connectivity index (χ2v) is 4.86. The Balaban J connectivity index is 2.13. The Morgan fingerprint density at radius 3 is 2.59 bits per heavy atom. The summed E-state index contributed by atoms with van der Waals surface area (Å²) < 4.78 is 23.6. The molecule has 1 amide bonds. The van der Waals surface area contributed by atoms with E-state index in [9.17, 15) is 9.18 Å². The number of anilines is 1. The number of hydrogen-bond donors (Lipinski definition) is 1. The predicted molar refractivity (Wildman–Crippen MR) is 83.0 cm³/mol. The number of carbonyl (C=O) groups excluding carboxylic acids is 1. The first-order chi connectivity index (χ1) is 10.5. The molecule has 4 nitrogen and oxygen atoms in total. The van der Waals surface area contributed by atoms with Crippen LogP contribution in [-0.4, -0.2) is 20.1 Å². The average molecular weight is 303 g/mol. The van der Waals surface area contributed by atoms with Crippen molar-refractivity contribution in [3.8, 4) is 11.5 Å². The molecular weight excluding hydrogens is 285 g/mol. The van der Waals surface area contributed by atoms with E-state index in [1.165, 1.54) is 19.2 Å². The normalized spacial score (nSPS) is 10.2. The lowest BCUT2D eigenvalue weighted by Gasteiger charge is -2.12. The summed E-state index contributed by atoms with van der Waals surface area (Å²) in [6.45, 7) is 1.81. The molecule has 1 N–H and O–H groups in total. The van der Waals surface area contributed by atoms with Crippen molar-refractivity contribution in [3.05, 3.63) is 53.3 Å². The van der Waals surface area contributed by atoms with Gasteiger partial charge in [-0.1, -0.05) is 12.1 Å². The van der Waals surface area contributed by atoms with Gasteiger partial charge in [-0.25, -0.2) is 4.39 Å². The Hall–Kier alpha value is -2.56. The summed E-state index contributed by atoms with van der Waals surface area (Å²) in [5.74, 6) is 0.604. The third-order valence-corrected chi connectivity index (χ3v) is 3.32. The lowest BCUT2D eigenvalue weighted by Crippen LogP contribution is -2.15. The molecule has 0 saturated carbocycles. The van der Waals surface area contributed by atoms with Crippen LogP contribution >= 0.6 is 0 Å². The molecule has 0 atom stereocenters. The van der Waals surface area contributed by atoms with Crippen LogP contribution in [0.1, 0.15) is 11.1 Å². The van der Waals surface area contributed by atoms with E-state index in [0.717, 1.165) is 11.1 Å². The fourth-order valence-electron chi connectivity index (χ4n) is 2.09. The topological polar surface area (TPSA) is 47.6 Å². The van der Waals surface area contributed by atoms with Crippen molar-refractivity contribution in [2.45, 2.75) is 13.3 Å². The van der Waals surface area contributed by atoms with E-state index >= 15 is 0 Å². The Morgan fingerprint density at radius 2 is 1.91 bits per heavy atom. The molecular formula is C17H18FNO3. The van der Waals surface area contributed by atoms with Crippen LogP contribution in [0.3, 0.4) is 0 Å². The lowest BCUT2D eigenvalue weighted by molar-refractivity contribution is -0.115. The van der Waals surface area contributed by atoms with E-state index in [2.05, 4.69) is 5.32 Å². The number of carbonyl (C=O) groups is 1. The van der Waals surface area contributed by atoms with E-state index in [1.54, 1.807) is 31.4 Å². The van der Waals surface area contributed by atoms with Gasteiger partial charge < -0.3 is 14.8 Å². The van der Waals surface area contributed by atoms with Crippen molar-refractivity contribution in [1.82, 2.24) is 0 Å². The van der Waals surface area contributed by atoms with Gasteiger partial charge in [0.1, 0.15) is 17.3 Å². The van der Waals surface area contributed by atoms with E-state index in [-0.39, 0.29) is 18.1 Å². The zero-order valence-electron chi connectivity index (χ0n) is 12.8. The van der Waals surface area contributed by atoms with Crippen molar-refractivity contribution in [1.29, 1.82) is 0 Å². The highest BCUT2D eigenvalue weighted by Crippen LogP contribution is 2.25. The van der Waals surface area contributed by atoms with Crippen molar-refractivity contribution in [3.63, 3.8) is 0 Å². The summed E-state index contributed by atoms with van der Waals surface area (Å²) in [7, 11) is 3.10. The molecule has 0 radical (unpaired) electrons. The van der Waals surface area contributed by atoms with Crippen LogP contribution in [0.25, 0.3) is 0 Å². The fourth-order valence-corrected chi connectivity index (χ4v) is 2.09. The third-order valence-electron chi connectivity index (χ3n) is 3.32. The Labute approximate surface area is 128 Å². The number of rotatable bonds is 5. The summed E-state index contributed by atoms with van der Waals surface area (Å²) in [6, 6.07) is 9.54. The van der Waals surface area contributed by atoms with E-state index < -0.39 is 0 Å². The number of benzene rings is 2. The van der Waals surface area contributed by atoms with Gasteiger partial charge in [-0.3, -0.25) is 4.79 Å². The van der Waals surface area contributed by atoms with Crippen LogP contribution in [0.4, 0.5) is 10.1 Å². The summed E-state index contributed by atoms with van der Waals surface area (Å²) >= 11 is 0. The van der Waals surface area contributed by atoms with Gasteiger partial charge in [0.15, 0.2) is 0 Å². The van der Waals surface area contributed by atoms with Crippen LogP contribution in [0.15, 0.2) is 36.4 Å². The smallest absolute Gasteiger partial charge is 0.228 e. The maximum Gasteiger partial charge on any atom is 0.228 e. The van der Waals surface area contributed by atoms with Crippen LogP contribution in [-0.2, 0) is 11.2 Å². The minimum atomic E-state index is -0.386. The van der Waals surface area contributed by atoms with Crippen LogP contribution in [0, 0.1) is 12.7 Å². The quantitative estimate of drug-likeness (QED) is 0.921. The summed E-state index contributed by atoms with van der Waals surface area (Å²) in [4.78, 5) is 12.1. The van der Waals surface area contributed by atoms with E-state index in [1.807, 2.05) is 6.92 Å². The van der Waals surface area contributed by atoms with Crippen LogP contribution in [0.5, 0.6) is 11.5 Å². The minimum Gasteiger partial charge on any atom is -0.497 e. The number of methoxy groups -OCH3 is 2. The Morgan fingerprint density at radius 1 is 1.14 bits per heavy atom. The van der Waals surface area contributed by atoms with Gasteiger partial charge in [-0.2, -0.15) is 0 Å². The first-order valence-corrected chi connectivity index (χ1v) is 6.80. The zero-order valence-corrected chi connectivity index (χ0v) is 12.8. The summed E-state index contributed by atoms with van der Waals surface area (Å²) in [6.07, 6.45) is 0.128. The largest absolute Gasteiger partial charge is 0.497 e. The highest BCUT2D eigenvalue weighted by atomic mass is 19.1. The first kappa shape index (κ1) is 15.8. The molecule has 0 aliphatic carbocycles. The van der Waals surface area contributed by atoms with Crippen molar-refractivity contribution >= 4 is 11.6 Å². The molecule has 0 fully saturated rings. The second kappa shape index (κ2) is 6.93. The van der Waals surface area contributed by atoms with Crippen LogP contribution in [0.2, 0.25) is 0 Å². The maximum absolute atomic E-state index is 13.2. The second-order valence-electron chi connectivity index (χ2n) is 4.86. The number of amides is 1. The SMILES string of the molecule is COc1ccc(CC(=O)Nc2cc(F)ccc2C)c(OC)c1. The predicted octanol–water partition coefficient (Wildman–Crippen LogP) is 3.33. The molecule has 2 aromatic rings. The summed E-state index contributed by atoms with van der Waals surface area (Å²) in [5.41, 5.74) is 2.00. The highest BCUT2D eigenvalue weighted by Gasteiger charge is 2.11. The minimum absolute atomic E-state index is 0.128.